The quantitative estimate of drug-likeness (QED) is 0.638. The van der Waals surface area contributed by atoms with Crippen LogP contribution in [-0.2, 0) is 4.74 Å². The molecule has 7 heteroatoms. The van der Waals surface area contributed by atoms with E-state index in [-0.39, 0.29) is 6.04 Å². The van der Waals surface area contributed by atoms with Gasteiger partial charge in [0.15, 0.2) is 0 Å². The predicted molar refractivity (Wildman–Crippen MR) is 105 cm³/mol. The van der Waals surface area contributed by atoms with E-state index in [2.05, 4.69) is 15.0 Å². The van der Waals surface area contributed by atoms with Crippen LogP contribution in [0.15, 0.2) is 22.9 Å². The highest BCUT2D eigenvalue weighted by atomic mass is 16.5. The second-order valence-corrected chi connectivity index (χ2v) is 7.84. The fourth-order valence-corrected chi connectivity index (χ4v) is 4.34. The molecule has 28 heavy (non-hydrogen) atoms. The number of likely N-dealkylation sites (tertiary alicyclic amines) is 1. The molecule has 0 spiro atoms. The largest absolute Gasteiger partial charge is 0.475 e. The first kappa shape index (κ1) is 19.3. The molecule has 1 saturated carbocycles. The average Bonchev–Trinajstić information content (AvgIpc) is 3.39. The lowest BCUT2D eigenvalue weighted by molar-refractivity contribution is 0.144. The zero-order chi connectivity index (χ0) is 19.2. The average molecular weight is 386 g/mol. The van der Waals surface area contributed by atoms with E-state index >= 15 is 0 Å². The molecule has 0 amide bonds. The second-order valence-electron chi connectivity index (χ2n) is 7.84. The Labute approximate surface area is 166 Å². The molecule has 7 nitrogen and oxygen atoms in total. The lowest BCUT2D eigenvalue weighted by Gasteiger charge is -2.29. The summed E-state index contributed by atoms with van der Waals surface area (Å²) in [6.45, 7) is 3.31. The molecular formula is C21H30N4O3. The molecule has 1 aliphatic carbocycles. The Morgan fingerprint density at radius 2 is 2.00 bits per heavy atom. The summed E-state index contributed by atoms with van der Waals surface area (Å²) in [5.74, 6) is 2.73. The molecule has 2 fully saturated rings. The van der Waals surface area contributed by atoms with Gasteiger partial charge in [0.05, 0.1) is 12.6 Å². The van der Waals surface area contributed by atoms with Gasteiger partial charge in [0.2, 0.25) is 17.6 Å². The SMILES string of the molecule is COCCOc1ccc(-c2noc([C@@H]3CCCN3CC3CCCCC3)n2)cn1. The third-order valence-electron chi connectivity index (χ3n) is 5.84. The molecule has 0 aromatic carbocycles. The van der Waals surface area contributed by atoms with E-state index in [0.717, 1.165) is 36.9 Å². The van der Waals surface area contributed by atoms with Crippen LogP contribution in [0.1, 0.15) is 56.9 Å². The van der Waals surface area contributed by atoms with Gasteiger partial charge in [0.25, 0.3) is 0 Å². The van der Waals surface area contributed by atoms with Gasteiger partial charge in [-0.2, -0.15) is 4.98 Å². The minimum atomic E-state index is 0.257. The van der Waals surface area contributed by atoms with Gasteiger partial charge in [-0.3, -0.25) is 4.90 Å². The van der Waals surface area contributed by atoms with Crippen LogP contribution in [0.3, 0.4) is 0 Å². The van der Waals surface area contributed by atoms with E-state index in [1.54, 1.807) is 13.3 Å². The van der Waals surface area contributed by atoms with Crippen molar-refractivity contribution in [2.45, 2.75) is 51.0 Å². The van der Waals surface area contributed by atoms with Crippen molar-refractivity contribution in [2.24, 2.45) is 5.92 Å². The van der Waals surface area contributed by atoms with Gasteiger partial charge in [0, 0.05) is 31.5 Å². The third kappa shape index (κ3) is 4.70. The zero-order valence-corrected chi connectivity index (χ0v) is 16.7. The molecule has 2 aromatic rings. The van der Waals surface area contributed by atoms with Gasteiger partial charge in [-0.25, -0.2) is 4.98 Å². The Morgan fingerprint density at radius 1 is 1.11 bits per heavy atom. The van der Waals surface area contributed by atoms with E-state index in [1.807, 2.05) is 12.1 Å². The molecular weight excluding hydrogens is 356 g/mol. The summed E-state index contributed by atoms with van der Waals surface area (Å²) in [4.78, 5) is 11.6. The number of methoxy groups -OCH3 is 1. The van der Waals surface area contributed by atoms with E-state index < -0.39 is 0 Å². The highest BCUT2D eigenvalue weighted by Crippen LogP contribution is 2.35. The summed E-state index contributed by atoms with van der Waals surface area (Å²) < 4.78 is 16.1. The summed E-state index contributed by atoms with van der Waals surface area (Å²) in [5.41, 5.74) is 0.839. The summed E-state index contributed by atoms with van der Waals surface area (Å²) in [6, 6.07) is 4.00. The molecule has 152 valence electrons. The number of pyridine rings is 1. The van der Waals surface area contributed by atoms with Crippen molar-refractivity contribution in [1.82, 2.24) is 20.0 Å². The normalized spacial score (nSPS) is 21.2. The predicted octanol–water partition coefficient (Wildman–Crippen LogP) is 3.87. The van der Waals surface area contributed by atoms with Crippen molar-refractivity contribution in [3.63, 3.8) is 0 Å². The van der Waals surface area contributed by atoms with Crippen molar-refractivity contribution in [3.05, 3.63) is 24.2 Å². The maximum absolute atomic E-state index is 5.65. The summed E-state index contributed by atoms with van der Waals surface area (Å²) in [5, 5.41) is 4.20. The van der Waals surface area contributed by atoms with Crippen molar-refractivity contribution < 1.29 is 14.0 Å². The van der Waals surface area contributed by atoms with Crippen molar-refractivity contribution in [1.29, 1.82) is 0 Å². The lowest BCUT2D eigenvalue weighted by atomic mass is 9.89. The van der Waals surface area contributed by atoms with Gasteiger partial charge >= 0.3 is 0 Å². The Bertz CT molecular complexity index is 728. The molecule has 0 N–H and O–H groups in total. The number of ether oxygens (including phenoxy) is 2. The standard InChI is InChI=1S/C21H30N4O3/c1-26-12-13-27-19-10-9-17(14-22-19)20-23-21(28-24-20)18-8-5-11-25(18)15-16-6-3-2-4-7-16/h9-10,14,16,18H,2-8,11-13,15H2,1H3/t18-/m0/s1. The van der Waals surface area contributed by atoms with Crippen LogP contribution in [0.25, 0.3) is 11.4 Å². The second kappa shape index (κ2) is 9.47. The van der Waals surface area contributed by atoms with Crippen LogP contribution in [-0.4, -0.2) is 53.4 Å². The minimum Gasteiger partial charge on any atom is -0.475 e. The van der Waals surface area contributed by atoms with Gasteiger partial charge < -0.3 is 14.0 Å². The van der Waals surface area contributed by atoms with E-state index in [1.165, 1.54) is 38.5 Å². The summed E-state index contributed by atoms with van der Waals surface area (Å²) in [6.07, 6.45) is 10.9. The molecule has 2 aromatic heterocycles. The molecule has 1 aliphatic heterocycles. The summed E-state index contributed by atoms with van der Waals surface area (Å²) >= 11 is 0. The highest BCUT2D eigenvalue weighted by Gasteiger charge is 2.32. The molecule has 0 bridgehead atoms. The molecule has 3 heterocycles. The van der Waals surface area contributed by atoms with Crippen molar-refractivity contribution in [3.8, 4) is 17.3 Å². The van der Waals surface area contributed by atoms with Crippen LogP contribution in [0.2, 0.25) is 0 Å². The first-order valence-corrected chi connectivity index (χ1v) is 10.5. The van der Waals surface area contributed by atoms with Gasteiger partial charge in [-0.05, 0) is 44.2 Å². The van der Waals surface area contributed by atoms with Gasteiger partial charge in [-0.15, -0.1) is 0 Å². The topological polar surface area (TPSA) is 73.5 Å². The third-order valence-corrected chi connectivity index (χ3v) is 5.84. The molecule has 4 rings (SSSR count). The fourth-order valence-electron chi connectivity index (χ4n) is 4.34. The molecule has 2 aliphatic rings. The summed E-state index contributed by atoms with van der Waals surface area (Å²) in [7, 11) is 1.65. The van der Waals surface area contributed by atoms with E-state index in [9.17, 15) is 0 Å². The number of aromatic nitrogens is 3. The van der Waals surface area contributed by atoms with Crippen LogP contribution in [0.4, 0.5) is 0 Å². The lowest BCUT2D eigenvalue weighted by Crippen LogP contribution is -2.30. The smallest absolute Gasteiger partial charge is 0.244 e. The highest BCUT2D eigenvalue weighted by molar-refractivity contribution is 5.53. The van der Waals surface area contributed by atoms with Crippen LogP contribution in [0.5, 0.6) is 5.88 Å². The Kier molecular flexibility index (Phi) is 6.54. The number of hydrogen-bond acceptors (Lipinski definition) is 7. The first-order chi connectivity index (χ1) is 13.8. The Balaban J connectivity index is 1.39. The van der Waals surface area contributed by atoms with Crippen LogP contribution < -0.4 is 4.74 Å². The zero-order valence-electron chi connectivity index (χ0n) is 16.7. The van der Waals surface area contributed by atoms with Crippen LogP contribution >= 0.6 is 0 Å². The fraction of sp³-hybridized carbons (Fsp3) is 0.667. The number of hydrogen-bond donors (Lipinski definition) is 0. The molecule has 1 atom stereocenters. The molecule has 0 unspecified atom stereocenters. The molecule has 1 saturated heterocycles. The van der Waals surface area contributed by atoms with Gasteiger partial charge in [-0.1, -0.05) is 24.4 Å². The van der Waals surface area contributed by atoms with E-state index in [0.29, 0.717) is 24.9 Å². The molecule has 0 radical (unpaired) electrons. The Hall–Kier alpha value is -1.99. The van der Waals surface area contributed by atoms with Crippen molar-refractivity contribution >= 4 is 0 Å². The first-order valence-electron chi connectivity index (χ1n) is 10.5. The maximum atomic E-state index is 5.65. The number of nitrogens with zero attached hydrogens (tertiary/aromatic N) is 4. The van der Waals surface area contributed by atoms with Crippen LogP contribution in [0, 0.1) is 5.92 Å². The van der Waals surface area contributed by atoms with E-state index in [4.69, 9.17) is 19.0 Å². The van der Waals surface area contributed by atoms with Crippen molar-refractivity contribution in [2.75, 3.05) is 33.4 Å². The van der Waals surface area contributed by atoms with Gasteiger partial charge in [0.1, 0.15) is 6.61 Å². The minimum absolute atomic E-state index is 0.257. The monoisotopic (exact) mass is 386 g/mol. The maximum Gasteiger partial charge on any atom is 0.244 e. The Morgan fingerprint density at radius 3 is 2.79 bits per heavy atom. The number of rotatable bonds is 8.